The largest absolute Gasteiger partial charge is 0.490 e. The van der Waals surface area contributed by atoms with Crippen LogP contribution in [0.1, 0.15) is 21.5 Å². The Hall–Kier alpha value is -5.64. The van der Waals surface area contributed by atoms with Crippen molar-refractivity contribution in [3.63, 3.8) is 0 Å². The van der Waals surface area contributed by atoms with E-state index < -0.39 is 35.5 Å². The fourth-order valence-corrected chi connectivity index (χ4v) is 4.56. The summed E-state index contributed by atoms with van der Waals surface area (Å²) in [5, 5.41) is 15.8. The summed E-state index contributed by atoms with van der Waals surface area (Å²) >= 11 is 0. The maximum Gasteiger partial charge on any atom is 0.490 e. The minimum absolute atomic E-state index is 0.0454. The number of aryl methyl sites for hydroxylation is 1. The lowest BCUT2D eigenvalue weighted by Crippen LogP contribution is -2.43. The van der Waals surface area contributed by atoms with Crippen LogP contribution in [0.3, 0.4) is 0 Å². The molecule has 0 atom stereocenters. The Labute approximate surface area is 271 Å². The molecule has 0 aliphatic carbocycles. The van der Waals surface area contributed by atoms with E-state index in [1.807, 2.05) is 44.1 Å². The van der Waals surface area contributed by atoms with Crippen molar-refractivity contribution in [2.45, 2.75) is 19.6 Å². The first-order chi connectivity index (χ1) is 22.7. The summed E-state index contributed by atoms with van der Waals surface area (Å²) < 4.78 is 61.5. The SMILES string of the molecule is Cc1cc(C(=O)Nc2ccccc2)ccc1-c1nc(NCCN(C)C)nc2c1CNC(=O)N2c1c(F)cccc1F.O=C(O)C(F)(F)F. The monoisotopic (exact) mass is 671 g/mol. The van der Waals surface area contributed by atoms with E-state index in [0.29, 0.717) is 41.2 Å². The van der Waals surface area contributed by atoms with Gasteiger partial charge < -0.3 is 26.0 Å². The standard InChI is InChI=1S/C30H29F2N7O2.C2HF3O2/c1-18-16-19(28(40)35-20-8-5-4-6-9-20)12-13-21(18)25-22-17-34-30(41)39(26-23(31)10-7-11-24(26)32)27(22)37-29(36-25)33-14-15-38(2)3;3-2(4,5)1(6)7/h4-13,16H,14-15,17H2,1-3H3,(H,34,41)(H,35,40)(H,33,36,37);(H,6,7). The number of anilines is 4. The number of hydrogen-bond acceptors (Lipinski definition) is 7. The third-order valence-electron chi connectivity index (χ3n) is 6.84. The van der Waals surface area contributed by atoms with Gasteiger partial charge in [0.05, 0.1) is 12.2 Å². The summed E-state index contributed by atoms with van der Waals surface area (Å²) in [7, 11) is 3.85. The first-order valence-corrected chi connectivity index (χ1v) is 14.3. The Morgan fingerprint density at radius 1 is 1.00 bits per heavy atom. The minimum Gasteiger partial charge on any atom is -0.475 e. The van der Waals surface area contributed by atoms with Crippen LogP contribution >= 0.6 is 0 Å². The summed E-state index contributed by atoms with van der Waals surface area (Å²) in [6.45, 7) is 3.05. The second-order valence-electron chi connectivity index (χ2n) is 10.6. The number of amides is 3. The van der Waals surface area contributed by atoms with Gasteiger partial charge in [0, 0.05) is 35.5 Å². The third-order valence-corrected chi connectivity index (χ3v) is 6.84. The molecule has 1 aliphatic heterocycles. The first kappa shape index (κ1) is 35.2. The number of carboxylic acid groups (broad SMARTS) is 1. The Balaban J connectivity index is 0.000000671. The zero-order chi connectivity index (χ0) is 35.2. The highest BCUT2D eigenvalue weighted by Crippen LogP contribution is 2.39. The topological polar surface area (TPSA) is 140 Å². The average molecular weight is 672 g/mol. The lowest BCUT2D eigenvalue weighted by molar-refractivity contribution is -0.192. The summed E-state index contributed by atoms with van der Waals surface area (Å²) in [4.78, 5) is 47.0. The van der Waals surface area contributed by atoms with Crippen molar-refractivity contribution < 1.29 is 41.4 Å². The molecule has 0 fully saturated rings. The molecule has 1 aliphatic rings. The molecule has 48 heavy (non-hydrogen) atoms. The van der Waals surface area contributed by atoms with Gasteiger partial charge in [0.1, 0.15) is 17.3 Å². The van der Waals surface area contributed by atoms with Crippen LogP contribution in [0.4, 0.5) is 49.9 Å². The van der Waals surface area contributed by atoms with E-state index >= 15 is 0 Å². The fourth-order valence-electron chi connectivity index (χ4n) is 4.56. The van der Waals surface area contributed by atoms with Gasteiger partial charge in [-0.2, -0.15) is 18.2 Å². The molecule has 16 heteroatoms. The molecule has 3 aromatic carbocycles. The van der Waals surface area contributed by atoms with Crippen molar-refractivity contribution in [3.05, 3.63) is 95.1 Å². The molecular weight excluding hydrogens is 641 g/mol. The number of nitrogens with zero attached hydrogens (tertiary/aromatic N) is 4. The summed E-state index contributed by atoms with van der Waals surface area (Å²) in [6.07, 6.45) is -5.08. The van der Waals surface area contributed by atoms with Gasteiger partial charge in [-0.05, 0) is 63.0 Å². The van der Waals surface area contributed by atoms with Crippen molar-refractivity contribution in [2.75, 3.05) is 42.7 Å². The quantitative estimate of drug-likeness (QED) is 0.169. The zero-order valence-electron chi connectivity index (χ0n) is 25.8. The van der Waals surface area contributed by atoms with E-state index in [1.165, 1.54) is 6.07 Å². The van der Waals surface area contributed by atoms with Crippen LogP contribution in [0.15, 0.2) is 66.7 Å². The summed E-state index contributed by atoms with van der Waals surface area (Å²) in [6, 6.07) is 17.0. The molecule has 0 unspecified atom stereocenters. The molecule has 4 N–H and O–H groups in total. The van der Waals surface area contributed by atoms with Crippen molar-refractivity contribution >= 4 is 41.0 Å². The molecule has 0 saturated heterocycles. The predicted molar refractivity (Wildman–Crippen MR) is 168 cm³/mol. The number of rotatable bonds is 8. The molecule has 11 nitrogen and oxygen atoms in total. The molecule has 0 spiro atoms. The van der Waals surface area contributed by atoms with Gasteiger partial charge in [0.15, 0.2) is 5.82 Å². The number of aromatic nitrogens is 2. The van der Waals surface area contributed by atoms with Crippen LogP contribution in [0.2, 0.25) is 0 Å². The molecular formula is C32H30F5N7O4. The highest BCUT2D eigenvalue weighted by molar-refractivity contribution is 6.05. The normalized spacial score (nSPS) is 12.4. The van der Waals surface area contributed by atoms with Crippen molar-refractivity contribution in [1.29, 1.82) is 0 Å². The fraction of sp³-hybridized carbons (Fsp3) is 0.219. The molecule has 252 valence electrons. The summed E-state index contributed by atoms with van der Waals surface area (Å²) in [5.41, 5.74) is 2.97. The Kier molecular flexibility index (Phi) is 10.9. The van der Waals surface area contributed by atoms with Gasteiger partial charge in [-0.25, -0.2) is 28.3 Å². The minimum atomic E-state index is -5.08. The third kappa shape index (κ3) is 8.38. The molecule has 2 heterocycles. The molecule has 0 bridgehead atoms. The highest BCUT2D eigenvalue weighted by Gasteiger charge is 2.38. The van der Waals surface area contributed by atoms with Gasteiger partial charge in [-0.3, -0.25) is 4.79 Å². The number of nitrogens with one attached hydrogen (secondary N) is 3. The number of aliphatic carboxylic acids is 1. The second-order valence-corrected chi connectivity index (χ2v) is 10.6. The number of hydrogen-bond donors (Lipinski definition) is 4. The second kappa shape index (κ2) is 14.8. The zero-order valence-corrected chi connectivity index (χ0v) is 25.8. The van der Waals surface area contributed by atoms with Gasteiger partial charge in [0.2, 0.25) is 5.95 Å². The van der Waals surface area contributed by atoms with Gasteiger partial charge in [-0.1, -0.05) is 30.3 Å². The number of carbonyl (C=O) groups is 3. The average Bonchev–Trinajstić information content (AvgIpc) is 3.01. The lowest BCUT2D eigenvalue weighted by Gasteiger charge is -2.31. The van der Waals surface area contributed by atoms with E-state index in [4.69, 9.17) is 14.9 Å². The lowest BCUT2D eigenvalue weighted by atomic mass is 9.98. The van der Waals surface area contributed by atoms with Gasteiger partial charge in [-0.15, -0.1) is 0 Å². The first-order valence-electron chi connectivity index (χ1n) is 14.3. The predicted octanol–water partition coefficient (Wildman–Crippen LogP) is 5.95. The van der Waals surface area contributed by atoms with Crippen LogP contribution in [0.25, 0.3) is 11.3 Å². The van der Waals surface area contributed by atoms with E-state index in [0.717, 1.165) is 22.6 Å². The molecule has 3 amide bonds. The number of para-hydroxylation sites is 2. The van der Waals surface area contributed by atoms with Crippen LogP contribution in [0.5, 0.6) is 0 Å². The highest BCUT2D eigenvalue weighted by atomic mass is 19.4. The van der Waals surface area contributed by atoms with E-state index in [-0.39, 0.29) is 24.2 Å². The number of likely N-dealkylation sites (N-methyl/N-ethyl adjacent to an activating group) is 1. The number of urea groups is 1. The van der Waals surface area contributed by atoms with E-state index in [2.05, 4.69) is 20.9 Å². The van der Waals surface area contributed by atoms with E-state index in [1.54, 1.807) is 30.3 Å². The maximum atomic E-state index is 14.9. The van der Waals surface area contributed by atoms with Crippen LogP contribution < -0.4 is 20.9 Å². The number of alkyl halides is 3. The van der Waals surface area contributed by atoms with Gasteiger partial charge >= 0.3 is 18.2 Å². The Morgan fingerprint density at radius 3 is 2.23 bits per heavy atom. The molecule has 0 radical (unpaired) electrons. The Bertz CT molecular complexity index is 1800. The van der Waals surface area contributed by atoms with E-state index in [9.17, 15) is 31.5 Å². The molecule has 4 aromatic rings. The maximum absolute atomic E-state index is 14.9. The number of fused-ring (bicyclic) bond motifs is 1. The van der Waals surface area contributed by atoms with Crippen LogP contribution in [0, 0.1) is 18.6 Å². The molecule has 1 aromatic heterocycles. The number of halogens is 5. The number of carbonyl (C=O) groups excluding carboxylic acids is 2. The van der Waals surface area contributed by atoms with Crippen LogP contribution in [-0.4, -0.2) is 71.2 Å². The number of carboxylic acids is 1. The van der Waals surface area contributed by atoms with Crippen molar-refractivity contribution in [2.24, 2.45) is 0 Å². The molecule has 5 rings (SSSR count). The molecule has 0 saturated carbocycles. The summed E-state index contributed by atoms with van der Waals surface area (Å²) in [5.74, 6) is -4.56. The number of benzene rings is 3. The van der Waals surface area contributed by atoms with Crippen LogP contribution in [-0.2, 0) is 11.3 Å². The van der Waals surface area contributed by atoms with Gasteiger partial charge in [0.25, 0.3) is 5.91 Å². The Morgan fingerprint density at radius 2 is 1.65 bits per heavy atom. The van der Waals surface area contributed by atoms with Crippen molar-refractivity contribution in [3.8, 4) is 11.3 Å². The van der Waals surface area contributed by atoms with Crippen molar-refractivity contribution in [1.82, 2.24) is 20.2 Å². The smallest absolute Gasteiger partial charge is 0.475 e.